The Labute approximate surface area is 119 Å². The van der Waals surface area contributed by atoms with Crippen LogP contribution in [0.15, 0.2) is 34.7 Å². The van der Waals surface area contributed by atoms with E-state index < -0.39 is 0 Å². The number of nitrogens with zero attached hydrogens (tertiary/aromatic N) is 1. The van der Waals surface area contributed by atoms with Gasteiger partial charge in [0, 0.05) is 12.1 Å². The number of hydrogen-bond acceptors (Lipinski definition) is 4. The van der Waals surface area contributed by atoms with Crippen molar-refractivity contribution >= 4 is 0 Å². The van der Waals surface area contributed by atoms with E-state index in [0.29, 0.717) is 12.1 Å². The summed E-state index contributed by atoms with van der Waals surface area (Å²) in [5, 5.41) is 12.3. The third kappa shape index (κ3) is 3.19. The Morgan fingerprint density at radius 1 is 1.35 bits per heavy atom. The predicted molar refractivity (Wildman–Crippen MR) is 76.4 cm³/mol. The first-order chi connectivity index (χ1) is 9.63. The highest BCUT2D eigenvalue weighted by Gasteiger charge is 2.11. The van der Waals surface area contributed by atoms with Crippen molar-refractivity contribution < 1.29 is 9.15 Å². The Morgan fingerprint density at radius 2 is 2.15 bits per heavy atom. The first-order valence-corrected chi connectivity index (χ1v) is 6.50. The predicted octanol–water partition coefficient (Wildman–Crippen LogP) is 3.32. The fourth-order valence-corrected chi connectivity index (χ4v) is 2.01. The minimum atomic E-state index is 0.115. The van der Waals surface area contributed by atoms with Crippen molar-refractivity contribution in [3.05, 3.63) is 53.0 Å². The van der Waals surface area contributed by atoms with E-state index in [2.05, 4.69) is 11.4 Å². The molecule has 0 radical (unpaired) electrons. The molecule has 20 heavy (non-hydrogen) atoms. The van der Waals surface area contributed by atoms with Crippen LogP contribution in [-0.4, -0.2) is 7.11 Å². The van der Waals surface area contributed by atoms with E-state index in [0.717, 1.165) is 22.8 Å². The average Bonchev–Trinajstić information content (AvgIpc) is 2.91. The summed E-state index contributed by atoms with van der Waals surface area (Å²) in [6.07, 6.45) is 0. The van der Waals surface area contributed by atoms with E-state index in [1.807, 2.05) is 32.0 Å². The van der Waals surface area contributed by atoms with Crippen LogP contribution < -0.4 is 10.1 Å². The Hall–Kier alpha value is -2.25. The topological polar surface area (TPSA) is 58.2 Å². The molecule has 2 rings (SSSR count). The van der Waals surface area contributed by atoms with Gasteiger partial charge in [0.05, 0.1) is 24.8 Å². The Bertz CT molecular complexity index is 626. The number of rotatable bonds is 5. The van der Waals surface area contributed by atoms with Gasteiger partial charge in [-0.1, -0.05) is 6.07 Å². The molecule has 1 aromatic carbocycles. The lowest BCUT2D eigenvalue weighted by atomic mass is 10.1. The molecule has 0 amide bonds. The fourth-order valence-electron chi connectivity index (χ4n) is 2.01. The summed E-state index contributed by atoms with van der Waals surface area (Å²) < 4.78 is 10.9. The van der Waals surface area contributed by atoms with Gasteiger partial charge in [0.25, 0.3) is 0 Å². The molecule has 0 fully saturated rings. The number of furan rings is 1. The highest BCUT2D eigenvalue weighted by molar-refractivity contribution is 5.42. The molecule has 0 bridgehead atoms. The lowest BCUT2D eigenvalue weighted by molar-refractivity contribution is 0.395. The van der Waals surface area contributed by atoms with Crippen LogP contribution in [0.25, 0.3) is 0 Å². The molecule has 1 unspecified atom stereocenters. The van der Waals surface area contributed by atoms with Crippen LogP contribution in [0.4, 0.5) is 0 Å². The lowest BCUT2D eigenvalue weighted by Gasteiger charge is -2.14. The smallest absolute Gasteiger partial charge is 0.124 e. The van der Waals surface area contributed by atoms with Gasteiger partial charge in [-0.15, -0.1) is 0 Å². The second-order valence-electron chi connectivity index (χ2n) is 4.69. The summed E-state index contributed by atoms with van der Waals surface area (Å²) in [5.74, 6) is 2.54. The molecule has 1 heterocycles. The highest BCUT2D eigenvalue weighted by Crippen LogP contribution is 2.22. The summed E-state index contributed by atoms with van der Waals surface area (Å²) >= 11 is 0. The average molecular weight is 270 g/mol. The van der Waals surface area contributed by atoms with Gasteiger partial charge in [-0.3, -0.25) is 0 Å². The van der Waals surface area contributed by atoms with Gasteiger partial charge in [0.1, 0.15) is 17.3 Å². The van der Waals surface area contributed by atoms with E-state index in [1.165, 1.54) is 0 Å². The summed E-state index contributed by atoms with van der Waals surface area (Å²) in [7, 11) is 1.61. The molecule has 0 aliphatic carbocycles. The zero-order chi connectivity index (χ0) is 14.5. The van der Waals surface area contributed by atoms with Gasteiger partial charge in [-0.25, -0.2) is 0 Å². The molecule has 104 valence electrons. The fraction of sp³-hybridized carbons (Fsp3) is 0.312. The summed E-state index contributed by atoms with van der Waals surface area (Å²) in [5.41, 5.74) is 1.61. The van der Waals surface area contributed by atoms with Crippen LogP contribution in [0.3, 0.4) is 0 Å². The Morgan fingerprint density at radius 3 is 2.75 bits per heavy atom. The molecule has 1 N–H and O–H groups in total. The third-order valence-corrected chi connectivity index (χ3v) is 3.20. The summed E-state index contributed by atoms with van der Waals surface area (Å²) in [4.78, 5) is 0. The molecule has 0 aliphatic heterocycles. The minimum absolute atomic E-state index is 0.115. The maximum atomic E-state index is 8.88. The second kappa shape index (κ2) is 6.27. The quantitative estimate of drug-likeness (QED) is 0.905. The van der Waals surface area contributed by atoms with Crippen LogP contribution >= 0.6 is 0 Å². The third-order valence-electron chi connectivity index (χ3n) is 3.20. The van der Waals surface area contributed by atoms with E-state index in [1.54, 1.807) is 19.2 Å². The van der Waals surface area contributed by atoms with E-state index in [9.17, 15) is 0 Å². The van der Waals surface area contributed by atoms with E-state index in [4.69, 9.17) is 14.4 Å². The molecule has 1 aromatic heterocycles. The van der Waals surface area contributed by atoms with Crippen molar-refractivity contribution in [2.45, 2.75) is 26.4 Å². The molecule has 4 nitrogen and oxygen atoms in total. The first kappa shape index (κ1) is 14.2. The number of nitriles is 1. The molecule has 0 saturated heterocycles. The van der Waals surface area contributed by atoms with Crippen molar-refractivity contribution in [1.29, 1.82) is 5.26 Å². The van der Waals surface area contributed by atoms with Crippen molar-refractivity contribution in [1.82, 2.24) is 5.32 Å². The van der Waals surface area contributed by atoms with Crippen molar-refractivity contribution in [3.8, 4) is 11.8 Å². The molecule has 4 heteroatoms. The van der Waals surface area contributed by atoms with Crippen LogP contribution in [0.2, 0.25) is 0 Å². The number of benzene rings is 1. The molecular formula is C16H18N2O2. The SMILES string of the molecule is COc1cc(C#N)ccc1CNC(C)c1ccc(C)o1. The maximum absolute atomic E-state index is 8.88. The van der Waals surface area contributed by atoms with Gasteiger partial charge in [-0.05, 0) is 38.1 Å². The van der Waals surface area contributed by atoms with Crippen molar-refractivity contribution in [2.75, 3.05) is 7.11 Å². The minimum Gasteiger partial charge on any atom is -0.496 e. The molecule has 0 saturated carbocycles. The zero-order valence-electron chi connectivity index (χ0n) is 11.9. The maximum Gasteiger partial charge on any atom is 0.124 e. The number of nitrogens with one attached hydrogen (secondary N) is 1. The first-order valence-electron chi connectivity index (χ1n) is 6.50. The van der Waals surface area contributed by atoms with Crippen LogP contribution in [0, 0.1) is 18.3 Å². The van der Waals surface area contributed by atoms with E-state index >= 15 is 0 Å². The standard InChI is InChI=1S/C16H18N2O2/c1-11-4-7-15(20-11)12(2)18-10-14-6-5-13(9-17)8-16(14)19-3/h4-8,12,18H,10H2,1-3H3. The van der Waals surface area contributed by atoms with Gasteiger partial charge in [0.2, 0.25) is 0 Å². The monoisotopic (exact) mass is 270 g/mol. The second-order valence-corrected chi connectivity index (χ2v) is 4.69. The molecule has 2 aromatic rings. The Balaban J connectivity index is 2.05. The number of methoxy groups -OCH3 is 1. The van der Waals surface area contributed by atoms with Gasteiger partial charge < -0.3 is 14.5 Å². The van der Waals surface area contributed by atoms with Crippen LogP contribution in [0.1, 0.15) is 35.6 Å². The molecule has 0 aliphatic rings. The zero-order valence-corrected chi connectivity index (χ0v) is 11.9. The molecule has 1 atom stereocenters. The van der Waals surface area contributed by atoms with Crippen LogP contribution in [-0.2, 0) is 6.54 Å². The number of hydrogen-bond donors (Lipinski definition) is 1. The van der Waals surface area contributed by atoms with Gasteiger partial charge >= 0.3 is 0 Å². The van der Waals surface area contributed by atoms with Crippen molar-refractivity contribution in [2.24, 2.45) is 0 Å². The lowest BCUT2D eigenvalue weighted by Crippen LogP contribution is -2.18. The summed E-state index contributed by atoms with van der Waals surface area (Å²) in [6, 6.07) is 11.6. The van der Waals surface area contributed by atoms with Gasteiger partial charge in [0.15, 0.2) is 0 Å². The number of aryl methyl sites for hydroxylation is 1. The normalized spacial score (nSPS) is 11.9. The van der Waals surface area contributed by atoms with E-state index in [-0.39, 0.29) is 6.04 Å². The molecule has 0 spiro atoms. The van der Waals surface area contributed by atoms with Crippen molar-refractivity contribution in [3.63, 3.8) is 0 Å². The summed E-state index contributed by atoms with van der Waals surface area (Å²) in [6.45, 7) is 4.63. The van der Waals surface area contributed by atoms with Crippen LogP contribution in [0.5, 0.6) is 5.75 Å². The van der Waals surface area contributed by atoms with Gasteiger partial charge in [-0.2, -0.15) is 5.26 Å². The Kier molecular flexibility index (Phi) is 4.44. The highest BCUT2D eigenvalue weighted by atomic mass is 16.5. The largest absolute Gasteiger partial charge is 0.496 e. The number of ether oxygens (including phenoxy) is 1. The molecular weight excluding hydrogens is 252 g/mol.